The Balaban J connectivity index is 2.37. The van der Waals surface area contributed by atoms with Gasteiger partial charge >= 0.3 is 6.18 Å². The molecule has 0 fully saturated rings. The van der Waals surface area contributed by atoms with Crippen molar-refractivity contribution in [3.05, 3.63) is 59.7 Å². The molecule has 5 heteroatoms. The predicted octanol–water partition coefficient (Wildman–Crippen LogP) is 3.34. The summed E-state index contributed by atoms with van der Waals surface area (Å²) in [6, 6.07) is 12.6. The third-order valence-electron chi connectivity index (χ3n) is 2.83. The zero-order chi connectivity index (χ0) is 13.9. The molecule has 2 rings (SSSR count). The smallest absolute Gasteiger partial charge is 0.271 e. The number of hydrogen-bond acceptors (Lipinski definition) is 2. The van der Waals surface area contributed by atoms with Crippen molar-refractivity contribution >= 4 is 0 Å². The molecule has 0 saturated carbocycles. The Labute approximate surface area is 109 Å². The number of rotatable bonds is 3. The second-order valence-electron chi connectivity index (χ2n) is 4.11. The molecular weight excluding hydrogens is 253 g/mol. The number of nitrogens with two attached hydrogens (primary N) is 1. The summed E-state index contributed by atoms with van der Waals surface area (Å²) in [5.74, 6) is 5.29. The number of nitrogens with one attached hydrogen (secondary N) is 1. The van der Waals surface area contributed by atoms with E-state index in [0.717, 1.165) is 28.8 Å². The largest absolute Gasteiger partial charge is 0.416 e. The Morgan fingerprint density at radius 1 is 0.947 bits per heavy atom. The van der Waals surface area contributed by atoms with E-state index in [1.54, 1.807) is 0 Å². The van der Waals surface area contributed by atoms with E-state index in [1.807, 2.05) is 24.3 Å². The van der Waals surface area contributed by atoms with Gasteiger partial charge in [-0.05, 0) is 28.8 Å². The molecule has 0 heterocycles. The standard InChI is InChI=1S/C14H13F3N2/c15-14(16,17)12-7-5-10(6-8-12)13-4-2-1-3-11(13)9-19-18/h1-8,19H,9,18H2. The summed E-state index contributed by atoms with van der Waals surface area (Å²) in [6.07, 6.45) is -4.31. The van der Waals surface area contributed by atoms with Gasteiger partial charge in [0.25, 0.3) is 0 Å². The van der Waals surface area contributed by atoms with Crippen LogP contribution in [0.25, 0.3) is 11.1 Å². The van der Waals surface area contributed by atoms with Crippen molar-refractivity contribution < 1.29 is 13.2 Å². The van der Waals surface area contributed by atoms with Crippen LogP contribution in [0, 0.1) is 0 Å². The second kappa shape index (κ2) is 5.42. The van der Waals surface area contributed by atoms with Gasteiger partial charge in [0, 0.05) is 6.54 Å². The first kappa shape index (κ1) is 13.6. The molecule has 0 aromatic heterocycles. The highest BCUT2D eigenvalue weighted by molar-refractivity contribution is 5.67. The van der Waals surface area contributed by atoms with Crippen LogP contribution in [0.4, 0.5) is 13.2 Å². The Bertz CT molecular complexity index is 547. The van der Waals surface area contributed by atoms with Gasteiger partial charge in [0.15, 0.2) is 0 Å². The average Bonchev–Trinajstić information content (AvgIpc) is 2.39. The van der Waals surface area contributed by atoms with Crippen LogP contribution in [0.2, 0.25) is 0 Å². The average molecular weight is 266 g/mol. The molecule has 0 atom stereocenters. The summed E-state index contributed by atoms with van der Waals surface area (Å²) >= 11 is 0. The zero-order valence-electron chi connectivity index (χ0n) is 10.0. The summed E-state index contributed by atoms with van der Waals surface area (Å²) in [5.41, 5.74) is 4.44. The van der Waals surface area contributed by atoms with Gasteiger partial charge in [-0.2, -0.15) is 13.2 Å². The quantitative estimate of drug-likeness (QED) is 0.660. The van der Waals surface area contributed by atoms with E-state index >= 15 is 0 Å². The lowest BCUT2D eigenvalue weighted by molar-refractivity contribution is -0.137. The third-order valence-corrected chi connectivity index (χ3v) is 2.83. The minimum Gasteiger partial charge on any atom is -0.271 e. The molecule has 0 radical (unpaired) electrons. The van der Waals surface area contributed by atoms with E-state index in [-0.39, 0.29) is 0 Å². The van der Waals surface area contributed by atoms with Crippen molar-refractivity contribution in [1.29, 1.82) is 0 Å². The van der Waals surface area contributed by atoms with Crippen LogP contribution in [0.5, 0.6) is 0 Å². The van der Waals surface area contributed by atoms with Crippen LogP contribution in [0.15, 0.2) is 48.5 Å². The highest BCUT2D eigenvalue weighted by Crippen LogP contribution is 2.31. The highest BCUT2D eigenvalue weighted by Gasteiger charge is 2.29. The fraction of sp³-hybridized carbons (Fsp3) is 0.143. The summed E-state index contributed by atoms with van der Waals surface area (Å²) in [7, 11) is 0. The van der Waals surface area contributed by atoms with Crippen molar-refractivity contribution in [2.75, 3.05) is 0 Å². The van der Waals surface area contributed by atoms with Gasteiger partial charge in [0.2, 0.25) is 0 Å². The molecule has 0 aliphatic rings. The van der Waals surface area contributed by atoms with Gasteiger partial charge in [-0.3, -0.25) is 11.3 Å². The van der Waals surface area contributed by atoms with E-state index in [9.17, 15) is 13.2 Å². The number of halogens is 3. The van der Waals surface area contributed by atoms with Gasteiger partial charge in [-0.15, -0.1) is 0 Å². The first-order valence-electron chi connectivity index (χ1n) is 5.71. The molecule has 0 spiro atoms. The molecule has 0 amide bonds. The van der Waals surface area contributed by atoms with Crippen LogP contribution in [0.3, 0.4) is 0 Å². The van der Waals surface area contributed by atoms with E-state index in [4.69, 9.17) is 5.84 Å². The molecular formula is C14H13F3N2. The van der Waals surface area contributed by atoms with Crippen LogP contribution < -0.4 is 11.3 Å². The van der Waals surface area contributed by atoms with Gasteiger partial charge in [0.1, 0.15) is 0 Å². The number of hydrogen-bond donors (Lipinski definition) is 2. The third kappa shape index (κ3) is 3.13. The molecule has 3 N–H and O–H groups in total. The second-order valence-corrected chi connectivity index (χ2v) is 4.11. The number of benzene rings is 2. The number of hydrazine groups is 1. The molecule has 2 aromatic carbocycles. The SMILES string of the molecule is NNCc1ccccc1-c1ccc(C(F)(F)F)cc1. The Morgan fingerprint density at radius 3 is 2.16 bits per heavy atom. The van der Waals surface area contributed by atoms with Crippen LogP contribution in [-0.2, 0) is 12.7 Å². The Morgan fingerprint density at radius 2 is 1.58 bits per heavy atom. The van der Waals surface area contributed by atoms with E-state index < -0.39 is 11.7 Å². The first-order chi connectivity index (χ1) is 9.02. The van der Waals surface area contributed by atoms with Crippen LogP contribution in [0.1, 0.15) is 11.1 Å². The molecule has 0 aliphatic heterocycles. The fourth-order valence-electron chi connectivity index (χ4n) is 1.90. The van der Waals surface area contributed by atoms with E-state index in [1.165, 1.54) is 12.1 Å². The topological polar surface area (TPSA) is 38.0 Å². The molecule has 0 saturated heterocycles. The molecule has 19 heavy (non-hydrogen) atoms. The summed E-state index contributed by atoms with van der Waals surface area (Å²) in [6.45, 7) is 0.456. The fourth-order valence-corrected chi connectivity index (χ4v) is 1.90. The van der Waals surface area contributed by atoms with Crippen molar-refractivity contribution in [3.8, 4) is 11.1 Å². The lowest BCUT2D eigenvalue weighted by Crippen LogP contribution is -2.21. The minimum absolute atomic E-state index is 0.456. The maximum atomic E-state index is 12.5. The van der Waals surface area contributed by atoms with Gasteiger partial charge in [-0.1, -0.05) is 36.4 Å². The van der Waals surface area contributed by atoms with Crippen molar-refractivity contribution in [3.63, 3.8) is 0 Å². The van der Waals surface area contributed by atoms with Gasteiger partial charge in [0.05, 0.1) is 5.56 Å². The summed E-state index contributed by atoms with van der Waals surface area (Å²) in [4.78, 5) is 0. The number of alkyl halides is 3. The zero-order valence-corrected chi connectivity index (χ0v) is 10.0. The predicted molar refractivity (Wildman–Crippen MR) is 67.9 cm³/mol. The van der Waals surface area contributed by atoms with Crippen LogP contribution in [-0.4, -0.2) is 0 Å². The van der Waals surface area contributed by atoms with Crippen molar-refractivity contribution in [2.45, 2.75) is 12.7 Å². The van der Waals surface area contributed by atoms with Crippen molar-refractivity contribution in [2.24, 2.45) is 5.84 Å². The molecule has 100 valence electrons. The Hall–Kier alpha value is -1.85. The van der Waals surface area contributed by atoms with Crippen LogP contribution >= 0.6 is 0 Å². The monoisotopic (exact) mass is 266 g/mol. The van der Waals surface area contributed by atoms with Gasteiger partial charge < -0.3 is 0 Å². The normalized spacial score (nSPS) is 11.6. The molecule has 0 bridgehead atoms. The van der Waals surface area contributed by atoms with Crippen molar-refractivity contribution in [1.82, 2.24) is 5.43 Å². The lowest BCUT2D eigenvalue weighted by atomic mass is 9.98. The molecule has 2 aromatic rings. The maximum absolute atomic E-state index is 12.5. The first-order valence-corrected chi connectivity index (χ1v) is 5.71. The van der Waals surface area contributed by atoms with E-state index in [2.05, 4.69) is 5.43 Å². The van der Waals surface area contributed by atoms with E-state index in [0.29, 0.717) is 6.54 Å². The highest BCUT2D eigenvalue weighted by atomic mass is 19.4. The summed E-state index contributed by atoms with van der Waals surface area (Å²) in [5, 5.41) is 0. The maximum Gasteiger partial charge on any atom is 0.416 e. The van der Waals surface area contributed by atoms with Gasteiger partial charge in [-0.25, -0.2) is 0 Å². The summed E-state index contributed by atoms with van der Waals surface area (Å²) < 4.78 is 37.5. The lowest BCUT2D eigenvalue weighted by Gasteiger charge is -2.11. The minimum atomic E-state index is -4.31. The molecule has 0 aliphatic carbocycles. The molecule has 2 nitrogen and oxygen atoms in total. The molecule has 0 unspecified atom stereocenters. The Kier molecular flexibility index (Phi) is 3.87.